The molecule has 0 aliphatic heterocycles. The summed E-state index contributed by atoms with van der Waals surface area (Å²) >= 11 is 0. The molecule has 8 N–H and O–H groups in total. The van der Waals surface area contributed by atoms with Gasteiger partial charge in [0.2, 0.25) is 0 Å². The fraction of sp³-hybridized carbons (Fsp3) is 0.608. The van der Waals surface area contributed by atoms with Crippen LogP contribution in [0.4, 0.5) is 0 Å². The minimum atomic E-state index is -5.21. The van der Waals surface area contributed by atoms with Crippen LogP contribution in [0.2, 0.25) is 0 Å². The lowest BCUT2D eigenvalue weighted by Gasteiger charge is -2.41. The molecule has 1 saturated carbocycles. The highest BCUT2D eigenvalue weighted by atomic mass is 31.2. The maximum Gasteiger partial charge on any atom is 0.472 e. The zero-order valence-electron chi connectivity index (χ0n) is 39.6. The van der Waals surface area contributed by atoms with Gasteiger partial charge >= 0.3 is 19.8 Å². The van der Waals surface area contributed by atoms with Crippen molar-refractivity contribution in [2.24, 2.45) is 0 Å². The minimum Gasteiger partial charge on any atom is -0.462 e. The van der Waals surface area contributed by atoms with Crippen molar-refractivity contribution < 1.29 is 73.3 Å². The fourth-order valence-corrected chi connectivity index (χ4v) is 7.37. The predicted octanol–water partition coefficient (Wildman–Crippen LogP) is 7.55. The van der Waals surface area contributed by atoms with Crippen molar-refractivity contribution in [2.75, 3.05) is 13.2 Å². The van der Waals surface area contributed by atoms with Crippen LogP contribution in [0, 0.1) is 0 Å². The number of hydrogen-bond donors (Lipinski definition) is 8. The molecule has 1 rings (SSSR count). The number of phosphoric ester groups is 1. The number of aliphatic hydroxyl groups excluding tert-OH is 7. The van der Waals surface area contributed by atoms with Gasteiger partial charge in [0.15, 0.2) is 6.10 Å². The van der Waals surface area contributed by atoms with Gasteiger partial charge in [-0.05, 0) is 96.3 Å². The molecule has 67 heavy (non-hydrogen) atoms. The number of allylic oxidation sites excluding steroid dienone is 17. The molecule has 15 nitrogen and oxygen atoms in total. The van der Waals surface area contributed by atoms with E-state index in [9.17, 15) is 54.8 Å². The van der Waals surface area contributed by atoms with Crippen LogP contribution in [0.1, 0.15) is 129 Å². The Balaban J connectivity index is 2.59. The Morgan fingerprint density at radius 2 is 0.955 bits per heavy atom. The molecule has 16 heteroatoms. The molecule has 0 aromatic carbocycles. The summed E-state index contributed by atoms with van der Waals surface area (Å²) in [5.74, 6) is -1.44. The first-order chi connectivity index (χ1) is 32.2. The largest absolute Gasteiger partial charge is 0.472 e. The van der Waals surface area contributed by atoms with Crippen molar-refractivity contribution >= 4 is 19.8 Å². The van der Waals surface area contributed by atoms with Gasteiger partial charge < -0.3 is 50.1 Å². The van der Waals surface area contributed by atoms with Crippen LogP contribution >= 0.6 is 7.82 Å². The van der Waals surface area contributed by atoms with Crippen molar-refractivity contribution in [2.45, 2.75) is 184 Å². The number of esters is 2. The van der Waals surface area contributed by atoms with E-state index in [2.05, 4.69) is 98.9 Å². The summed E-state index contributed by atoms with van der Waals surface area (Å²) in [6.45, 7) is 2.78. The Morgan fingerprint density at radius 3 is 1.45 bits per heavy atom. The lowest BCUT2D eigenvalue weighted by atomic mass is 9.85. The van der Waals surface area contributed by atoms with E-state index in [1.807, 2.05) is 18.2 Å². The van der Waals surface area contributed by atoms with Gasteiger partial charge in [-0.2, -0.15) is 0 Å². The normalized spacial score (nSPS) is 23.1. The van der Waals surface area contributed by atoms with Crippen LogP contribution in [0.25, 0.3) is 0 Å². The van der Waals surface area contributed by atoms with E-state index in [0.29, 0.717) is 19.3 Å². The van der Waals surface area contributed by atoms with E-state index in [0.717, 1.165) is 64.2 Å². The van der Waals surface area contributed by atoms with Gasteiger partial charge in [0.1, 0.15) is 43.2 Å². The maximum absolute atomic E-state index is 12.8. The van der Waals surface area contributed by atoms with Gasteiger partial charge in [-0.15, -0.1) is 0 Å². The van der Waals surface area contributed by atoms with Crippen LogP contribution in [0.5, 0.6) is 0 Å². The summed E-state index contributed by atoms with van der Waals surface area (Å²) in [5, 5.41) is 71.0. The molecule has 1 aliphatic rings. The summed E-state index contributed by atoms with van der Waals surface area (Å²) in [5.41, 5.74) is 0. The number of carbonyl (C=O) groups excluding carboxylic acids is 2. The topological polar surface area (TPSA) is 250 Å². The van der Waals surface area contributed by atoms with Crippen molar-refractivity contribution in [1.82, 2.24) is 0 Å². The smallest absolute Gasteiger partial charge is 0.462 e. The number of aliphatic hydroxyl groups is 7. The van der Waals surface area contributed by atoms with Gasteiger partial charge in [-0.25, -0.2) is 4.57 Å². The minimum absolute atomic E-state index is 0.0108. The average Bonchev–Trinajstić information content (AvgIpc) is 3.30. The van der Waals surface area contributed by atoms with Crippen molar-refractivity contribution in [1.29, 1.82) is 0 Å². The average molecular weight is 965 g/mol. The highest BCUT2D eigenvalue weighted by molar-refractivity contribution is 7.47. The first kappa shape index (κ1) is 61.4. The van der Waals surface area contributed by atoms with Gasteiger partial charge in [-0.1, -0.05) is 130 Å². The molecule has 0 saturated heterocycles. The zero-order valence-corrected chi connectivity index (χ0v) is 40.5. The SMILES string of the molecule is CC/C=C\C/C=C\C/C=C\C/C=C\C/C=C\CCCCCC(=O)O[C@H](COC(=O)CCC[C@H](O)[C@@H](O)C/C=C\C/C=C\C/C=C\C/C=C\CC)COP(=O)(O)OC1[C@H](O)[C@H](O)C(O)[C@H](O)[C@H]1O. The Kier molecular flexibility index (Phi) is 36.0. The second-order valence-corrected chi connectivity index (χ2v) is 17.6. The fourth-order valence-electron chi connectivity index (χ4n) is 6.40. The van der Waals surface area contributed by atoms with E-state index >= 15 is 0 Å². The zero-order chi connectivity index (χ0) is 49.5. The van der Waals surface area contributed by atoms with Gasteiger partial charge in [0, 0.05) is 12.8 Å². The lowest BCUT2D eigenvalue weighted by Crippen LogP contribution is -2.64. The standard InChI is InChI=1S/C51H81O15P/c1-3-5-7-9-11-13-15-17-18-19-20-21-22-23-25-27-29-31-33-37-45(55)65-41(40-64-67(61,62)66-51-49(59)47(57)46(56)48(58)50(51)60)39-63-44(54)38-34-36-43(53)42(52)35-32-30-28-26-24-16-14-12-10-8-6-4-2/h5-8,11-14,17-18,20-21,23-26,30,32,41-43,46-53,56-60H,3-4,9-10,15-16,19,22,27-29,31,33-40H2,1-2H3,(H,61,62)/b7-5-,8-6-,13-11-,14-12-,18-17-,21-20-,25-23-,26-24-,32-30-/t41-,42+,43+,46?,47-,48+,49-,50-,51?/m1/s1. The molecular formula is C51H81O15P. The Labute approximate surface area is 398 Å². The van der Waals surface area contributed by atoms with Crippen molar-refractivity contribution in [3.63, 3.8) is 0 Å². The molecule has 10 atom stereocenters. The summed E-state index contributed by atoms with van der Waals surface area (Å²) in [6.07, 6.45) is 32.9. The molecule has 0 amide bonds. The molecule has 0 aromatic rings. The monoisotopic (exact) mass is 965 g/mol. The third kappa shape index (κ3) is 31.2. The molecule has 1 fully saturated rings. The third-order valence-electron chi connectivity index (χ3n) is 10.3. The Hall–Kier alpha value is -3.57. The molecule has 0 heterocycles. The molecule has 0 radical (unpaired) electrons. The molecule has 380 valence electrons. The number of carbonyl (C=O) groups is 2. The van der Waals surface area contributed by atoms with E-state index in [4.69, 9.17) is 18.5 Å². The van der Waals surface area contributed by atoms with E-state index in [1.165, 1.54) is 0 Å². The van der Waals surface area contributed by atoms with E-state index in [-0.39, 0.29) is 32.1 Å². The van der Waals surface area contributed by atoms with Crippen LogP contribution in [-0.2, 0) is 32.7 Å². The second-order valence-electron chi connectivity index (χ2n) is 16.2. The maximum atomic E-state index is 12.8. The quantitative estimate of drug-likeness (QED) is 0.0130. The summed E-state index contributed by atoms with van der Waals surface area (Å²) in [6, 6.07) is 0. The number of ether oxygens (including phenoxy) is 2. The molecule has 3 unspecified atom stereocenters. The molecule has 1 aliphatic carbocycles. The predicted molar refractivity (Wildman–Crippen MR) is 260 cm³/mol. The Morgan fingerprint density at radius 1 is 0.522 bits per heavy atom. The van der Waals surface area contributed by atoms with Crippen molar-refractivity contribution in [3.05, 3.63) is 109 Å². The van der Waals surface area contributed by atoms with Gasteiger partial charge in [0.05, 0.1) is 18.8 Å². The summed E-state index contributed by atoms with van der Waals surface area (Å²) < 4.78 is 33.3. The lowest BCUT2D eigenvalue weighted by molar-refractivity contribution is -0.220. The first-order valence-corrected chi connectivity index (χ1v) is 25.4. The van der Waals surface area contributed by atoms with Crippen LogP contribution in [0.15, 0.2) is 109 Å². The number of rotatable bonds is 37. The molecular weight excluding hydrogens is 884 g/mol. The van der Waals surface area contributed by atoms with E-state index < -0.39 is 87.9 Å². The number of hydrogen-bond acceptors (Lipinski definition) is 14. The second kappa shape index (κ2) is 39.3. The van der Waals surface area contributed by atoms with E-state index in [1.54, 1.807) is 6.08 Å². The first-order valence-electron chi connectivity index (χ1n) is 23.9. The third-order valence-corrected chi connectivity index (χ3v) is 11.3. The van der Waals surface area contributed by atoms with Crippen molar-refractivity contribution in [3.8, 4) is 0 Å². The summed E-state index contributed by atoms with van der Waals surface area (Å²) in [7, 11) is -5.21. The molecule has 0 bridgehead atoms. The summed E-state index contributed by atoms with van der Waals surface area (Å²) in [4.78, 5) is 35.8. The van der Waals surface area contributed by atoms with Gasteiger partial charge in [-0.3, -0.25) is 18.6 Å². The van der Waals surface area contributed by atoms with Gasteiger partial charge in [0.25, 0.3) is 0 Å². The van der Waals surface area contributed by atoms with Crippen LogP contribution in [-0.4, -0.2) is 121 Å². The number of phosphoric acid groups is 1. The molecule has 0 spiro atoms. The highest BCUT2D eigenvalue weighted by Gasteiger charge is 2.51. The number of unbranched alkanes of at least 4 members (excludes halogenated alkanes) is 3. The Bertz CT molecular complexity index is 1620. The molecule has 0 aromatic heterocycles. The van der Waals surface area contributed by atoms with Crippen LogP contribution < -0.4 is 0 Å². The van der Waals surface area contributed by atoms with Crippen LogP contribution in [0.3, 0.4) is 0 Å². The highest BCUT2D eigenvalue weighted by Crippen LogP contribution is 2.47.